The zero-order valence-electron chi connectivity index (χ0n) is 8.42. The van der Waals surface area contributed by atoms with Crippen LogP contribution in [0.3, 0.4) is 0 Å². The first-order valence-electron chi connectivity index (χ1n) is 4.34. The maximum absolute atomic E-state index is 11.0. The number of methoxy groups -OCH3 is 1. The van der Waals surface area contributed by atoms with Crippen molar-refractivity contribution in [2.45, 2.75) is 20.3 Å². The molecular formula is C9H17NO3. The molecule has 0 heterocycles. The van der Waals surface area contributed by atoms with Crippen molar-refractivity contribution >= 4 is 11.7 Å². The van der Waals surface area contributed by atoms with E-state index >= 15 is 0 Å². The van der Waals surface area contributed by atoms with Crippen molar-refractivity contribution in [3.63, 3.8) is 0 Å². The second kappa shape index (κ2) is 6.60. The van der Waals surface area contributed by atoms with Gasteiger partial charge in [-0.15, -0.1) is 0 Å². The number of ketones is 1. The number of carbonyl (C=O) groups excluding carboxylic acids is 2. The van der Waals surface area contributed by atoms with Gasteiger partial charge in [-0.25, -0.2) is 0 Å². The number of hydrogen-bond acceptors (Lipinski definition) is 3. The van der Waals surface area contributed by atoms with Gasteiger partial charge >= 0.3 is 0 Å². The van der Waals surface area contributed by atoms with E-state index in [2.05, 4.69) is 5.32 Å². The van der Waals surface area contributed by atoms with Crippen LogP contribution in [-0.4, -0.2) is 32.0 Å². The SMILES string of the molecule is COCCC(=O)NCC(C)C(C)=O. The van der Waals surface area contributed by atoms with Crippen molar-refractivity contribution in [1.82, 2.24) is 5.32 Å². The van der Waals surface area contributed by atoms with Crippen LogP contribution in [0.15, 0.2) is 0 Å². The van der Waals surface area contributed by atoms with Gasteiger partial charge in [0.2, 0.25) is 5.91 Å². The number of Topliss-reactive ketones (excluding diaryl/α,β-unsaturated/α-hetero) is 1. The van der Waals surface area contributed by atoms with E-state index < -0.39 is 0 Å². The summed E-state index contributed by atoms with van der Waals surface area (Å²) in [6.45, 7) is 4.14. The second-order valence-corrected chi connectivity index (χ2v) is 3.06. The average Bonchev–Trinajstić information content (AvgIpc) is 2.10. The van der Waals surface area contributed by atoms with Crippen LogP contribution < -0.4 is 5.32 Å². The van der Waals surface area contributed by atoms with E-state index in [0.29, 0.717) is 19.6 Å². The van der Waals surface area contributed by atoms with Gasteiger partial charge in [-0.1, -0.05) is 6.92 Å². The Kier molecular flexibility index (Phi) is 6.14. The van der Waals surface area contributed by atoms with E-state index in [-0.39, 0.29) is 17.6 Å². The molecule has 1 atom stereocenters. The van der Waals surface area contributed by atoms with Gasteiger partial charge in [-0.2, -0.15) is 0 Å². The van der Waals surface area contributed by atoms with Crippen LogP contribution in [0, 0.1) is 5.92 Å². The van der Waals surface area contributed by atoms with Crippen LogP contribution >= 0.6 is 0 Å². The van der Waals surface area contributed by atoms with Crippen LogP contribution in [0.4, 0.5) is 0 Å². The minimum atomic E-state index is -0.105. The molecule has 0 saturated heterocycles. The molecule has 76 valence electrons. The predicted octanol–water partition coefficient (Wildman–Crippen LogP) is 0.364. The predicted molar refractivity (Wildman–Crippen MR) is 49.3 cm³/mol. The zero-order chi connectivity index (χ0) is 10.3. The summed E-state index contributed by atoms with van der Waals surface area (Å²) in [5, 5.41) is 2.66. The highest BCUT2D eigenvalue weighted by Gasteiger charge is 2.08. The highest BCUT2D eigenvalue weighted by Crippen LogP contribution is 1.93. The molecule has 13 heavy (non-hydrogen) atoms. The fourth-order valence-electron chi connectivity index (χ4n) is 0.694. The van der Waals surface area contributed by atoms with Crippen LogP contribution in [0.2, 0.25) is 0 Å². The van der Waals surface area contributed by atoms with Crippen molar-refractivity contribution in [3.8, 4) is 0 Å². The van der Waals surface area contributed by atoms with E-state index in [1.165, 1.54) is 6.92 Å². The molecule has 1 amide bonds. The molecule has 0 aliphatic rings. The molecule has 0 aromatic heterocycles. The van der Waals surface area contributed by atoms with Gasteiger partial charge in [0, 0.05) is 26.0 Å². The van der Waals surface area contributed by atoms with Crippen LogP contribution in [0.25, 0.3) is 0 Å². The van der Waals surface area contributed by atoms with E-state index in [9.17, 15) is 9.59 Å². The Bertz CT molecular complexity index is 180. The molecule has 1 unspecified atom stereocenters. The molecule has 0 rings (SSSR count). The second-order valence-electron chi connectivity index (χ2n) is 3.06. The Morgan fingerprint density at radius 1 is 1.46 bits per heavy atom. The Hall–Kier alpha value is -0.900. The number of nitrogens with one attached hydrogen (secondary N) is 1. The van der Waals surface area contributed by atoms with Gasteiger partial charge in [-0.3, -0.25) is 9.59 Å². The largest absolute Gasteiger partial charge is 0.384 e. The van der Waals surface area contributed by atoms with Gasteiger partial charge in [0.1, 0.15) is 5.78 Å². The lowest BCUT2D eigenvalue weighted by molar-refractivity contribution is -0.123. The molecule has 0 aliphatic heterocycles. The molecule has 4 nitrogen and oxygen atoms in total. The van der Waals surface area contributed by atoms with Crippen LogP contribution in [0.1, 0.15) is 20.3 Å². The maximum Gasteiger partial charge on any atom is 0.222 e. The number of hydrogen-bond donors (Lipinski definition) is 1. The summed E-state index contributed by atoms with van der Waals surface area (Å²) in [6, 6.07) is 0. The Labute approximate surface area is 78.6 Å². The van der Waals surface area contributed by atoms with Gasteiger partial charge in [-0.05, 0) is 6.92 Å². The topological polar surface area (TPSA) is 55.4 Å². The molecule has 0 fully saturated rings. The molecule has 0 bridgehead atoms. The van der Waals surface area contributed by atoms with Crippen molar-refractivity contribution in [2.24, 2.45) is 5.92 Å². The normalized spacial score (nSPS) is 12.2. The molecule has 0 radical (unpaired) electrons. The standard InChI is InChI=1S/C9H17NO3/c1-7(8(2)11)6-10-9(12)4-5-13-3/h7H,4-6H2,1-3H3,(H,10,12). The quantitative estimate of drug-likeness (QED) is 0.653. The van der Waals surface area contributed by atoms with Gasteiger partial charge < -0.3 is 10.1 Å². The van der Waals surface area contributed by atoms with E-state index in [4.69, 9.17) is 4.74 Å². The summed E-state index contributed by atoms with van der Waals surface area (Å²) >= 11 is 0. The molecule has 1 N–H and O–H groups in total. The van der Waals surface area contributed by atoms with Crippen LogP contribution in [-0.2, 0) is 14.3 Å². The monoisotopic (exact) mass is 187 g/mol. The number of rotatable bonds is 6. The van der Waals surface area contributed by atoms with Crippen molar-refractivity contribution in [3.05, 3.63) is 0 Å². The number of amides is 1. The van der Waals surface area contributed by atoms with E-state index in [0.717, 1.165) is 0 Å². The first-order chi connectivity index (χ1) is 6.07. The summed E-state index contributed by atoms with van der Waals surface area (Å²) < 4.78 is 4.74. The fourth-order valence-corrected chi connectivity index (χ4v) is 0.694. The lowest BCUT2D eigenvalue weighted by Crippen LogP contribution is -2.31. The van der Waals surface area contributed by atoms with Gasteiger partial charge in [0.15, 0.2) is 0 Å². The minimum Gasteiger partial charge on any atom is -0.384 e. The summed E-state index contributed by atoms with van der Waals surface area (Å²) in [5.74, 6) is -0.0894. The molecule has 0 saturated carbocycles. The Morgan fingerprint density at radius 2 is 2.08 bits per heavy atom. The third-order valence-electron chi connectivity index (χ3n) is 1.83. The molecule has 0 aromatic rings. The summed E-state index contributed by atoms with van der Waals surface area (Å²) in [4.78, 5) is 21.8. The molecule has 0 aromatic carbocycles. The highest BCUT2D eigenvalue weighted by atomic mass is 16.5. The van der Waals surface area contributed by atoms with Crippen LogP contribution in [0.5, 0.6) is 0 Å². The fraction of sp³-hybridized carbons (Fsp3) is 0.778. The van der Waals surface area contributed by atoms with Crippen molar-refractivity contribution in [1.29, 1.82) is 0 Å². The first-order valence-corrected chi connectivity index (χ1v) is 4.34. The lowest BCUT2D eigenvalue weighted by atomic mass is 10.1. The number of carbonyl (C=O) groups is 2. The number of ether oxygens (including phenoxy) is 1. The molecule has 0 spiro atoms. The van der Waals surface area contributed by atoms with E-state index in [1.54, 1.807) is 14.0 Å². The molecule has 4 heteroatoms. The molecule has 0 aliphatic carbocycles. The Morgan fingerprint density at radius 3 is 2.54 bits per heavy atom. The maximum atomic E-state index is 11.0. The van der Waals surface area contributed by atoms with Crippen molar-refractivity contribution < 1.29 is 14.3 Å². The van der Waals surface area contributed by atoms with Gasteiger partial charge in [0.05, 0.1) is 6.61 Å². The first kappa shape index (κ1) is 12.1. The van der Waals surface area contributed by atoms with Crippen molar-refractivity contribution in [2.75, 3.05) is 20.3 Å². The van der Waals surface area contributed by atoms with E-state index in [1.807, 2.05) is 0 Å². The summed E-state index contributed by atoms with van der Waals surface area (Å²) in [5.41, 5.74) is 0. The smallest absolute Gasteiger partial charge is 0.222 e. The lowest BCUT2D eigenvalue weighted by Gasteiger charge is -2.08. The van der Waals surface area contributed by atoms with Gasteiger partial charge in [0.25, 0.3) is 0 Å². The molecular weight excluding hydrogens is 170 g/mol. The zero-order valence-corrected chi connectivity index (χ0v) is 8.42. The average molecular weight is 187 g/mol. The third kappa shape index (κ3) is 6.28. The highest BCUT2D eigenvalue weighted by molar-refractivity contribution is 5.80. The minimum absolute atomic E-state index is 0.0741. The Balaban J connectivity index is 3.52. The summed E-state index contributed by atoms with van der Waals surface area (Å²) in [7, 11) is 1.55. The summed E-state index contributed by atoms with van der Waals surface area (Å²) in [6.07, 6.45) is 0.348. The third-order valence-corrected chi connectivity index (χ3v) is 1.83.